The number of amides is 2. The van der Waals surface area contributed by atoms with Gasteiger partial charge in [0.2, 0.25) is 5.91 Å². The zero-order chi connectivity index (χ0) is 25.4. The molecule has 2 fully saturated rings. The number of ether oxygens (including phenoxy) is 2. The number of piperidine rings is 1. The Morgan fingerprint density at radius 1 is 1.22 bits per heavy atom. The molecule has 1 aliphatic carbocycles. The van der Waals surface area contributed by atoms with Gasteiger partial charge in [0.25, 0.3) is 5.91 Å². The van der Waals surface area contributed by atoms with Gasteiger partial charge in [0, 0.05) is 43.2 Å². The monoisotopic (exact) mass is 519 g/mol. The molecule has 1 N–H and O–H groups in total. The normalized spacial score (nSPS) is 21.5. The van der Waals surface area contributed by atoms with Gasteiger partial charge in [0.1, 0.15) is 5.75 Å². The molecule has 3 aromatic rings. The fraction of sp³-hybridized carbons (Fsp3) is 0.448. The second-order valence-corrected chi connectivity index (χ2v) is 11.1. The van der Waals surface area contributed by atoms with Crippen LogP contribution in [-0.4, -0.2) is 57.8 Å². The van der Waals surface area contributed by atoms with Gasteiger partial charge in [-0.3, -0.25) is 9.59 Å². The van der Waals surface area contributed by atoms with Crippen LogP contribution in [-0.2, 0) is 14.3 Å². The predicted molar refractivity (Wildman–Crippen MR) is 147 cm³/mol. The van der Waals surface area contributed by atoms with E-state index in [4.69, 9.17) is 9.47 Å². The van der Waals surface area contributed by atoms with Gasteiger partial charge in [0.15, 0.2) is 6.61 Å². The molecule has 2 atom stereocenters. The Hall–Kier alpha value is -2.94. The van der Waals surface area contributed by atoms with Gasteiger partial charge in [-0.1, -0.05) is 18.2 Å². The summed E-state index contributed by atoms with van der Waals surface area (Å²) in [5.41, 5.74) is 2.89. The molecule has 194 valence electrons. The van der Waals surface area contributed by atoms with Gasteiger partial charge in [-0.05, 0) is 78.7 Å². The lowest BCUT2D eigenvalue weighted by atomic mass is 9.80. The molecule has 3 aliphatic rings. The molecule has 1 aromatic heterocycles. The molecular formula is C29H33N3O4S. The minimum atomic E-state index is -0.140. The molecule has 7 nitrogen and oxygen atoms in total. The summed E-state index contributed by atoms with van der Waals surface area (Å²) in [6.07, 6.45) is 3.68. The van der Waals surface area contributed by atoms with Crippen LogP contribution in [0.3, 0.4) is 0 Å². The molecule has 8 heteroatoms. The summed E-state index contributed by atoms with van der Waals surface area (Å²) in [4.78, 5) is 30.8. The highest BCUT2D eigenvalue weighted by molar-refractivity contribution is 7.17. The van der Waals surface area contributed by atoms with Crippen LogP contribution in [0, 0.1) is 5.92 Å². The lowest BCUT2D eigenvalue weighted by molar-refractivity contribution is -0.123. The van der Waals surface area contributed by atoms with E-state index in [9.17, 15) is 9.59 Å². The zero-order valence-electron chi connectivity index (χ0n) is 21.2. The Morgan fingerprint density at radius 3 is 2.92 bits per heavy atom. The van der Waals surface area contributed by atoms with Crippen LogP contribution in [0.2, 0.25) is 0 Å². The zero-order valence-corrected chi connectivity index (χ0v) is 22.0. The van der Waals surface area contributed by atoms with Gasteiger partial charge >= 0.3 is 0 Å². The largest absolute Gasteiger partial charge is 0.482 e. The fourth-order valence-electron chi connectivity index (χ4n) is 5.76. The van der Waals surface area contributed by atoms with Gasteiger partial charge in [-0.2, -0.15) is 0 Å². The summed E-state index contributed by atoms with van der Waals surface area (Å²) < 4.78 is 12.2. The highest BCUT2D eigenvalue weighted by Gasteiger charge is 2.42. The molecule has 2 amide bonds. The number of anilines is 2. The summed E-state index contributed by atoms with van der Waals surface area (Å²) in [6, 6.07) is 14.6. The molecule has 3 heterocycles. The molecule has 37 heavy (non-hydrogen) atoms. The van der Waals surface area contributed by atoms with Crippen molar-refractivity contribution in [2.24, 2.45) is 5.92 Å². The first kappa shape index (κ1) is 24.4. The van der Waals surface area contributed by atoms with Crippen LogP contribution in [0.4, 0.5) is 11.4 Å². The predicted octanol–water partition coefficient (Wildman–Crippen LogP) is 4.55. The molecule has 0 bridgehead atoms. The maximum absolute atomic E-state index is 14.3. The smallest absolute Gasteiger partial charge is 0.265 e. The summed E-state index contributed by atoms with van der Waals surface area (Å²) in [7, 11) is 1.67. The molecule has 6 rings (SSSR count). The van der Waals surface area contributed by atoms with E-state index >= 15 is 0 Å². The maximum atomic E-state index is 14.3. The van der Waals surface area contributed by atoms with Crippen molar-refractivity contribution in [2.45, 2.75) is 37.6 Å². The Balaban J connectivity index is 1.32. The minimum Gasteiger partial charge on any atom is -0.482 e. The highest BCUT2D eigenvalue weighted by atomic mass is 32.1. The number of hydrogen-bond acceptors (Lipinski definition) is 6. The van der Waals surface area contributed by atoms with Crippen LogP contribution >= 0.6 is 11.3 Å². The second-order valence-electron chi connectivity index (χ2n) is 10.2. The van der Waals surface area contributed by atoms with Crippen molar-refractivity contribution in [3.63, 3.8) is 0 Å². The Kier molecular flexibility index (Phi) is 6.88. The molecule has 1 saturated carbocycles. The van der Waals surface area contributed by atoms with E-state index in [1.165, 1.54) is 15.6 Å². The summed E-state index contributed by atoms with van der Waals surface area (Å²) in [6.45, 7) is 2.77. The van der Waals surface area contributed by atoms with E-state index in [1.807, 2.05) is 23.1 Å². The number of benzene rings is 2. The van der Waals surface area contributed by atoms with E-state index in [0.29, 0.717) is 25.4 Å². The van der Waals surface area contributed by atoms with Crippen LogP contribution in [0.25, 0.3) is 10.1 Å². The highest BCUT2D eigenvalue weighted by Crippen LogP contribution is 2.43. The fourth-order valence-corrected chi connectivity index (χ4v) is 6.78. The number of rotatable bonds is 8. The minimum absolute atomic E-state index is 0.0363. The first-order chi connectivity index (χ1) is 18.2. The van der Waals surface area contributed by atoms with Crippen molar-refractivity contribution in [3.05, 3.63) is 53.4 Å². The Bertz CT molecular complexity index is 1300. The third-order valence-electron chi connectivity index (χ3n) is 7.75. The van der Waals surface area contributed by atoms with E-state index in [-0.39, 0.29) is 36.3 Å². The standard InChI is InChI=1S/C29H33N3O4S/c1-35-14-4-13-31-25-15-20(9-10-26(25)36-17-28(31)33)32(19-7-8-19)29(34)23-16-30-12-11-21(23)24-18-37-27-6-3-2-5-22(24)27/h2-3,5-6,9-10,15,18-19,21,23,30H,4,7-8,11-14,16-17H2,1H3/t21-,23-/m0/s1. The van der Waals surface area contributed by atoms with E-state index in [0.717, 1.165) is 43.6 Å². The van der Waals surface area contributed by atoms with Crippen molar-refractivity contribution in [3.8, 4) is 5.75 Å². The average Bonchev–Trinajstić information content (AvgIpc) is 3.67. The molecule has 2 aromatic carbocycles. The average molecular weight is 520 g/mol. The van der Waals surface area contributed by atoms with Crippen LogP contribution in [0.5, 0.6) is 5.75 Å². The number of nitrogens with zero attached hydrogens (tertiary/aromatic N) is 2. The first-order valence-corrected chi connectivity index (χ1v) is 14.1. The Morgan fingerprint density at radius 2 is 2.08 bits per heavy atom. The van der Waals surface area contributed by atoms with Gasteiger partial charge < -0.3 is 24.6 Å². The van der Waals surface area contributed by atoms with Crippen LogP contribution in [0.1, 0.15) is 37.2 Å². The quantitative estimate of drug-likeness (QED) is 0.442. The lowest BCUT2D eigenvalue weighted by Crippen LogP contribution is -2.47. The number of carbonyl (C=O) groups is 2. The molecular weight excluding hydrogens is 486 g/mol. The Labute approximate surface area is 221 Å². The van der Waals surface area contributed by atoms with E-state index < -0.39 is 0 Å². The number of methoxy groups -OCH3 is 1. The van der Waals surface area contributed by atoms with E-state index in [2.05, 4.69) is 35.0 Å². The third kappa shape index (κ3) is 4.74. The van der Waals surface area contributed by atoms with E-state index in [1.54, 1.807) is 23.3 Å². The summed E-state index contributed by atoms with van der Waals surface area (Å²) >= 11 is 1.76. The number of fused-ring (bicyclic) bond motifs is 2. The lowest BCUT2D eigenvalue weighted by Gasteiger charge is -2.36. The van der Waals surface area contributed by atoms with Gasteiger partial charge in [-0.25, -0.2) is 0 Å². The molecule has 0 spiro atoms. The third-order valence-corrected chi connectivity index (χ3v) is 8.73. The number of nitrogens with one attached hydrogen (secondary N) is 1. The number of hydrogen-bond donors (Lipinski definition) is 1. The molecule has 1 saturated heterocycles. The summed E-state index contributed by atoms with van der Waals surface area (Å²) in [5.74, 6) is 0.832. The van der Waals surface area contributed by atoms with Crippen molar-refractivity contribution >= 4 is 44.6 Å². The van der Waals surface area contributed by atoms with Crippen LogP contribution < -0.4 is 19.9 Å². The number of thiophene rings is 1. The molecule has 0 radical (unpaired) electrons. The molecule has 2 aliphatic heterocycles. The molecule has 0 unspecified atom stereocenters. The van der Waals surface area contributed by atoms with Crippen molar-refractivity contribution in [2.75, 3.05) is 49.8 Å². The van der Waals surface area contributed by atoms with Crippen molar-refractivity contribution < 1.29 is 19.1 Å². The van der Waals surface area contributed by atoms with Gasteiger partial charge in [-0.15, -0.1) is 11.3 Å². The van der Waals surface area contributed by atoms with Crippen molar-refractivity contribution in [1.29, 1.82) is 0 Å². The maximum Gasteiger partial charge on any atom is 0.265 e. The number of carbonyl (C=O) groups excluding carboxylic acids is 2. The summed E-state index contributed by atoms with van der Waals surface area (Å²) in [5, 5.41) is 7.01. The second kappa shape index (κ2) is 10.4. The van der Waals surface area contributed by atoms with Crippen LogP contribution in [0.15, 0.2) is 47.8 Å². The van der Waals surface area contributed by atoms with Gasteiger partial charge in [0.05, 0.1) is 11.6 Å². The first-order valence-electron chi connectivity index (χ1n) is 13.2. The SMILES string of the molecule is COCCCN1C(=O)COc2ccc(N(C(=O)[C@H]3CNCC[C@@H]3c3csc4ccccc34)C3CC3)cc21. The topological polar surface area (TPSA) is 71.1 Å². The van der Waals surface area contributed by atoms with Crippen molar-refractivity contribution in [1.82, 2.24) is 5.32 Å².